The Bertz CT molecular complexity index is 1210. The van der Waals surface area contributed by atoms with Crippen molar-refractivity contribution in [2.45, 2.75) is 36.8 Å². The van der Waals surface area contributed by atoms with Crippen LogP contribution in [0.2, 0.25) is 0 Å². The fourth-order valence-electron chi connectivity index (χ4n) is 4.30. The first kappa shape index (κ1) is 22.2. The van der Waals surface area contributed by atoms with Crippen molar-refractivity contribution in [3.63, 3.8) is 0 Å². The van der Waals surface area contributed by atoms with Crippen molar-refractivity contribution >= 4 is 39.2 Å². The Balaban J connectivity index is 1.29. The van der Waals surface area contributed by atoms with Crippen molar-refractivity contribution < 1.29 is 27.5 Å². The maximum atomic E-state index is 13.1. The molecule has 2 aromatic rings. The minimum Gasteiger partial charge on any atom is -0.454 e. The van der Waals surface area contributed by atoms with E-state index < -0.39 is 15.3 Å². The summed E-state index contributed by atoms with van der Waals surface area (Å²) in [6.45, 7) is 2.81. The van der Waals surface area contributed by atoms with Crippen LogP contribution >= 0.6 is 11.8 Å². The number of anilines is 1. The van der Waals surface area contributed by atoms with Crippen LogP contribution in [0.3, 0.4) is 0 Å². The first-order valence-electron chi connectivity index (χ1n) is 10.8. The molecule has 1 N–H and O–H groups in total. The summed E-state index contributed by atoms with van der Waals surface area (Å²) in [5.41, 5.74) is 2.86. The van der Waals surface area contributed by atoms with E-state index in [0.29, 0.717) is 48.7 Å². The van der Waals surface area contributed by atoms with Gasteiger partial charge >= 0.3 is 0 Å². The molecule has 2 atom stereocenters. The number of carbonyl (C=O) groups is 2. The van der Waals surface area contributed by atoms with E-state index in [1.54, 1.807) is 24.3 Å². The van der Waals surface area contributed by atoms with E-state index >= 15 is 0 Å². The molecule has 3 aliphatic rings. The molecule has 3 heterocycles. The Morgan fingerprint density at radius 2 is 1.91 bits per heavy atom. The summed E-state index contributed by atoms with van der Waals surface area (Å²) in [6.07, 6.45) is 1.06. The molecular formula is C23H24N2O6S2. The van der Waals surface area contributed by atoms with Crippen LogP contribution in [-0.4, -0.2) is 54.0 Å². The minimum absolute atomic E-state index is 0.0233. The number of benzene rings is 2. The molecule has 0 aliphatic carbocycles. The van der Waals surface area contributed by atoms with Gasteiger partial charge in [0.05, 0.1) is 16.3 Å². The molecule has 1 amide bonds. The Hall–Kier alpha value is -2.56. The summed E-state index contributed by atoms with van der Waals surface area (Å²) in [5.74, 6) is 1.15. The summed E-state index contributed by atoms with van der Waals surface area (Å²) < 4.78 is 36.4. The number of nitrogens with zero attached hydrogens (tertiary/aromatic N) is 1. The van der Waals surface area contributed by atoms with Gasteiger partial charge in [-0.2, -0.15) is 4.31 Å². The molecule has 0 saturated carbocycles. The van der Waals surface area contributed by atoms with E-state index in [1.165, 1.54) is 16.1 Å². The van der Waals surface area contributed by atoms with Crippen LogP contribution in [-0.2, 0) is 27.8 Å². The van der Waals surface area contributed by atoms with Gasteiger partial charge in [-0.1, -0.05) is 12.1 Å². The molecule has 0 radical (unpaired) electrons. The maximum Gasteiger partial charge on any atom is 0.237 e. The third-order valence-electron chi connectivity index (χ3n) is 6.08. The number of ether oxygens (including phenoxy) is 2. The largest absolute Gasteiger partial charge is 0.454 e. The van der Waals surface area contributed by atoms with Gasteiger partial charge in [0.25, 0.3) is 0 Å². The average Bonchev–Trinajstić information content (AvgIpc) is 3.35. The molecule has 2 aromatic carbocycles. The van der Waals surface area contributed by atoms with Gasteiger partial charge in [0.1, 0.15) is 0 Å². The zero-order valence-corrected chi connectivity index (χ0v) is 19.7. The molecule has 5 rings (SSSR count). The van der Waals surface area contributed by atoms with Crippen LogP contribution in [0, 0.1) is 0 Å². The molecule has 174 valence electrons. The second kappa shape index (κ2) is 8.66. The molecule has 0 spiro atoms. The van der Waals surface area contributed by atoms with Gasteiger partial charge in [0, 0.05) is 24.3 Å². The molecule has 33 heavy (non-hydrogen) atoms. The third kappa shape index (κ3) is 4.47. The monoisotopic (exact) mass is 488 g/mol. The minimum atomic E-state index is -3.15. The predicted octanol–water partition coefficient (Wildman–Crippen LogP) is 2.82. The van der Waals surface area contributed by atoms with Gasteiger partial charge in [-0.3, -0.25) is 9.59 Å². The van der Waals surface area contributed by atoms with Crippen molar-refractivity contribution in [1.82, 2.24) is 4.31 Å². The summed E-state index contributed by atoms with van der Waals surface area (Å²) in [5, 5.41) is 2.12. The first-order chi connectivity index (χ1) is 15.8. The Morgan fingerprint density at radius 3 is 2.61 bits per heavy atom. The topological polar surface area (TPSA) is 102 Å². The number of ketones is 1. The molecule has 8 nitrogen and oxygen atoms in total. The summed E-state index contributed by atoms with van der Waals surface area (Å²) in [4.78, 5) is 26.0. The fourth-order valence-corrected chi connectivity index (χ4v) is 7.01. The van der Waals surface area contributed by atoms with Crippen molar-refractivity contribution in [2.24, 2.45) is 0 Å². The second-order valence-electron chi connectivity index (χ2n) is 8.39. The van der Waals surface area contributed by atoms with Crippen LogP contribution in [0.15, 0.2) is 36.4 Å². The van der Waals surface area contributed by atoms with E-state index in [0.717, 1.165) is 11.1 Å². The van der Waals surface area contributed by atoms with Crippen LogP contribution in [0.25, 0.3) is 0 Å². The Morgan fingerprint density at radius 1 is 1.18 bits per heavy atom. The lowest BCUT2D eigenvalue weighted by Crippen LogP contribution is -2.28. The number of thioether (sulfide) groups is 1. The second-order valence-corrected chi connectivity index (χ2v) is 12.0. The van der Waals surface area contributed by atoms with E-state index in [1.807, 2.05) is 19.1 Å². The lowest BCUT2D eigenvalue weighted by Gasteiger charge is -2.17. The van der Waals surface area contributed by atoms with E-state index in [9.17, 15) is 18.0 Å². The smallest absolute Gasteiger partial charge is 0.237 e. The van der Waals surface area contributed by atoms with Crippen molar-refractivity contribution in [1.29, 1.82) is 0 Å². The number of sulfonamides is 1. The third-order valence-corrected chi connectivity index (χ3v) is 9.32. The fraction of sp³-hybridized carbons (Fsp3) is 0.391. The van der Waals surface area contributed by atoms with Gasteiger partial charge < -0.3 is 14.8 Å². The number of rotatable bonds is 4. The molecule has 1 saturated heterocycles. The highest BCUT2D eigenvalue weighted by atomic mass is 32.2. The summed E-state index contributed by atoms with van der Waals surface area (Å²) in [6, 6.07) is 10.7. The van der Waals surface area contributed by atoms with Crippen LogP contribution in [0.1, 0.15) is 34.8 Å². The lowest BCUT2D eigenvalue weighted by molar-refractivity contribution is -0.115. The van der Waals surface area contributed by atoms with Crippen LogP contribution < -0.4 is 14.8 Å². The van der Waals surface area contributed by atoms with Crippen LogP contribution in [0.5, 0.6) is 11.5 Å². The number of nitrogens with one attached hydrogen (secondary N) is 1. The maximum absolute atomic E-state index is 13.1. The molecule has 0 aromatic heterocycles. The van der Waals surface area contributed by atoms with Crippen LogP contribution in [0.4, 0.5) is 5.69 Å². The number of hydrogen-bond acceptors (Lipinski definition) is 7. The zero-order chi connectivity index (χ0) is 23.2. The van der Waals surface area contributed by atoms with Crippen molar-refractivity contribution in [2.75, 3.05) is 24.4 Å². The molecule has 1 fully saturated rings. The zero-order valence-electron chi connectivity index (χ0n) is 18.1. The van der Waals surface area contributed by atoms with Gasteiger partial charge in [-0.15, -0.1) is 11.8 Å². The summed E-state index contributed by atoms with van der Waals surface area (Å²) >= 11 is 1.34. The average molecular weight is 489 g/mol. The Kier molecular flexibility index (Phi) is 5.84. The van der Waals surface area contributed by atoms with Crippen molar-refractivity contribution in [3.8, 4) is 11.5 Å². The van der Waals surface area contributed by atoms with Gasteiger partial charge in [0.2, 0.25) is 22.7 Å². The Labute approximate surface area is 196 Å². The number of amides is 1. The highest BCUT2D eigenvalue weighted by Crippen LogP contribution is 2.39. The first-order valence-corrected chi connectivity index (χ1v) is 13.4. The lowest BCUT2D eigenvalue weighted by atomic mass is 9.97. The predicted molar refractivity (Wildman–Crippen MR) is 125 cm³/mol. The number of carbonyl (C=O) groups excluding carboxylic acids is 2. The standard InChI is InChI=1S/C23H24N2O6S2/c1-14-22(26)18-11-20-19(30-13-31-20)9-16(18)10-21(32-14)23(27)24-17-5-3-15(4-6-17)12-25-7-2-8-33(25,28)29/h3-6,9,11,14,21H,2,7-8,10,12-13H2,1H3,(H,24,27). The number of hydrogen-bond donors (Lipinski definition) is 1. The summed E-state index contributed by atoms with van der Waals surface area (Å²) in [7, 11) is -3.15. The van der Waals surface area contributed by atoms with E-state index in [4.69, 9.17) is 9.47 Å². The van der Waals surface area contributed by atoms with Gasteiger partial charge in [0.15, 0.2) is 17.3 Å². The molecule has 10 heteroatoms. The highest BCUT2D eigenvalue weighted by molar-refractivity contribution is 8.02. The van der Waals surface area contributed by atoms with E-state index in [-0.39, 0.29) is 29.5 Å². The SMILES string of the molecule is CC1SC(C(=O)Nc2ccc(CN3CCCS3(=O)=O)cc2)Cc2cc3c(cc2C1=O)OCO3. The molecular weight excluding hydrogens is 464 g/mol. The van der Waals surface area contributed by atoms with Gasteiger partial charge in [-0.25, -0.2) is 8.42 Å². The molecule has 2 unspecified atom stereocenters. The number of Topliss-reactive ketones (excluding diaryl/α,β-unsaturated/α-hetero) is 1. The van der Waals surface area contributed by atoms with Gasteiger partial charge in [-0.05, 0) is 55.2 Å². The quantitative estimate of drug-likeness (QED) is 0.706. The molecule has 0 bridgehead atoms. The van der Waals surface area contributed by atoms with E-state index in [2.05, 4.69) is 5.32 Å². The molecule has 3 aliphatic heterocycles. The number of fused-ring (bicyclic) bond motifs is 2. The van der Waals surface area contributed by atoms with Crippen molar-refractivity contribution in [3.05, 3.63) is 53.1 Å². The normalized spacial score (nSPS) is 23.7. The highest BCUT2D eigenvalue weighted by Gasteiger charge is 2.34.